The van der Waals surface area contributed by atoms with Gasteiger partial charge < -0.3 is 10.4 Å². The average molecular weight is 326 g/mol. The lowest BCUT2D eigenvalue weighted by Gasteiger charge is -2.07. The van der Waals surface area contributed by atoms with Gasteiger partial charge in [-0.25, -0.2) is 0 Å². The van der Waals surface area contributed by atoms with Crippen molar-refractivity contribution in [2.75, 3.05) is 0 Å². The Balaban J connectivity index is 2.06. The first kappa shape index (κ1) is 13.1. The molecule has 1 heterocycles. The van der Waals surface area contributed by atoms with Crippen molar-refractivity contribution in [2.24, 2.45) is 0 Å². The molecule has 0 aliphatic carbocycles. The number of hydrogen-bond donors (Lipinski definition) is 2. The van der Waals surface area contributed by atoms with Crippen molar-refractivity contribution in [1.29, 1.82) is 0 Å². The number of nitrogens with one attached hydrogen (secondary N) is 1. The van der Waals surface area contributed by atoms with Gasteiger partial charge in [0.25, 0.3) is 5.91 Å². The van der Waals surface area contributed by atoms with Crippen LogP contribution < -0.4 is 5.32 Å². The minimum Gasteiger partial charge on any atom is -0.508 e. The van der Waals surface area contributed by atoms with Crippen molar-refractivity contribution in [1.82, 2.24) is 5.32 Å². The molecule has 2 aromatic rings. The van der Waals surface area contributed by atoms with E-state index in [-0.39, 0.29) is 11.7 Å². The molecule has 18 heavy (non-hydrogen) atoms. The summed E-state index contributed by atoms with van der Waals surface area (Å²) < 4.78 is 1.04. The third-order valence-electron chi connectivity index (χ3n) is 2.60. The Morgan fingerprint density at radius 2 is 2.17 bits per heavy atom. The molecule has 0 spiro atoms. The molecular weight excluding hydrogens is 314 g/mol. The summed E-state index contributed by atoms with van der Waals surface area (Å²) in [5.74, 6) is -0.0329. The molecule has 0 bridgehead atoms. The van der Waals surface area contributed by atoms with E-state index in [1.807, 2.05) is 12.1 Å². The predicted octanol–water partition coefficient (Wildman–Crippen LogP) is 3.45. The van der Waals surface area contributed by atoms with Crippen LogP contribution in [0.5, 0.6) is 5.75 Å². The number of halogens is 1. The van der Waals surface area contributed by atoms with Crippen LogP contribution in [-0.2, 0) is 6.54 Å². The molecule has 5 heteroatoms. The van der Waals surface area contributed by atoms with Gasteiger partial charge in [-0.1, -0.05) is 6.07 Å². The van der Waals surface area contributed by atoms with E-state index in [0.29, 0.717) is 17.7 Å². The fourth-order valence-corrected chi connectivity index (χ4v) is 3.00. The van der Waals surface area contributed by atoms with E-state index in [0.717, 1.165) is 8.66 Å². The van der Waals surface area contributed by atoms with E-state index < -0.39 is 0 Å². The zero-order valence-corrected chi connectivity index (χ0v) is 12.1. The van der Waals surface area contributed by atoms with E-state index in [1.54, 1.807) is 36.5 Å². The van der Waals surface area contributed by atoms with Crippen LogP contribution >= 0.6 is 27.3 Å². The number of hydrogen-bond acceptors (Lipinski definition) is 3. The first-order chi connectivity index (χ1) is 8.58. The number of carbonyl (C=O) groups excluding carboxylic acids is 1. The average Bonchev–Trinajstić information content (AvgIpc) is 2.76. The van der Waals surface area contributed by atoms with Crippen molar-refractivity contribution >= 4 is 33.2 Å². The van der Waals surface area contributed by atoms with Crippen LogP contribution in [0.25, 0.3) is 0 Å². The number of thiophene rings is 1. The largest absolute Gasteiger partial charge is 0.508 e. The lowest BCUT2D eigenvalue weighted by atomic mass is 10.1. The molecule has 0 fully saturated rings. The van der Waals surface area contributed by atoms with Gasteiger partial charge in [-0.3, -0.25) is 4.79 Å². The first-order valence-electron chi connectivity index (χ1n) is 5.39. The normalized spacial score (nSPS) is 10.3. The number of phenols is 1. The Kier molecular flexibility index (Phi) is 4.04. The number of aromatic hydroxyl groups is 1. The first-order valence-corrected chi connectivity index (χ1v) is 7.00. The molecule has 3 nitrogen and oxygen atoms in total. The Bertz CT molecular complexity index is 580. The third kappa shape index (κ3) is 2.91. The minimum atomic E-state index is -0.173. The van der Waals surface area contributed by atoms with Crippen molar-refractivity contribution in [3.63, 3.8) is 0 Å². The molecule has 2 N–H and O–H groups in total. The van der Waals surface area contributed by atoms with Crippen LogP contribution in [0.3, 0.4) is 0 Å². The summed E-state index contributed by atoms with van der Waals surface area (Å²) in [4.78, 5) is 13.0. The van der Waals surface area contributed by atoms with E-state index in [4.69, 9.17) is 0 Å². The van der Waals surface area contributed by atoms with Crippen molar-refractivity contribution < 1.29 is 9.90 Å². The van der Waals surface area contributed by atoms with E-state index in [1.165, 1.54) is 0 Å². The van der Waals surface area contributed by atoms with Gasteiger partial charge in [0.2, 0.25) is 0 Å². The Morgan fingerprint density at radius 1 is 1.39 bits per heavy atom. The molecule has 1 aromatic heterocycles. The molecule has 0 saturated heterocycles. The maximum atomic E-state index is 12.0. The highest BCUT2D eigenvalue weighted by Crippen LogP contribution is 2.22. The van der Waals surface area contributed by atoms with E-state index in [9.17, 15) is 9.90 Å². The quantitative estimate of drug-likeness (QED) is 0.908. The standard InChI is InChI=1S/C13H12BrNO2S/c1-8-10(3-2-4-11(8)16)13(17)15-7-9-5-6-12(14)18-9/h2-6,16H,7H2,1H3,(H,15,17). The van der Waals surface area contributed by atoms with Crippen molar-refractivity contribution in [3.05, 3.63) is 50.1 Å². The molecule has 0 unspecified atom stereocenters. The number of amides is 1. The molecule has 1 amide bonds. The molecule has 0 aliphatic heterocycles. The van der Waals surface area contributed by atoms with Gasteiger partial charge >= 0.3 is 0 Å². The Labute approximate surface area is 118 Å². The predicted molar refractivity (Wildman–Crippen MR) is 76.0 cm³/mol. The van der Waals surface area contributed by atoms with Crippen LogP contribution in [-0.4, -0.2) is 11.0 Å². The van der Waals surface area contributed by atoms with Gasteiger partial charge in [0.05, 0.1) is 10.3 Å². The zero-order chi connectivity index (χ0) is 13.1. The second-order valence-corrected chi connectivity index (χ2v) is 6.39. The molecule has 0 radical (unpaired) electrons. The molecule has 0 aliphatic rings. The van der Waals surface area contributed by atoms with Gasteiger partial charge in [0, 0.05) is 16.0 Å². The summed E-state index contributed by atoms with van der Waals surface area (Å²) >= 11 is 4.96. The fourth-order valence-electron chi connectivity index (χ4n) is 1.58. The topological polar surface area (TPSA) is 49.3 Å². The van der Waals surface area contributed by atoms with E-state index in [2.05, 4.69) is 21.2 Å². The lowest BCUT2D eigenvalue weighted by molar-refractivity contribution is 0.0950. The molecule has 2 rings (SSSR count). The number of rotatable bonds is 3. The van der Waals surface area contributed by atoms with Crippen LogP contribution in [0.15, 0.2) is 34.1 Å². The number of benzene rings is 1. The zero-order valence-electron chi connectivity index (χ0n) is 9.74. The third-order valence-corrected chi connectivity index (χ3v) is 4.23. The Morgan fingerprint density at radius 3 is 2.83 bits per heavy atom. The van der Waals surface area contributed by atoms with Crippen LogP contribution in [0.4, 0.5) is 0 Å². The van der Waals surface area contributed by atoms with Crippen LogP contribution in [0, 0.1) is 6.92 Å². The summed E-state index contributed by atoms with van der Waals surface area (Å²) in [6.07, 6.45) is 0. The van der Waals surface area contributed by atoms with Crippen LogP contribution in [0.2, 0.25) is 0 Å². The summed E-state index contributed by atoms with van der Waals surface area (Å²) in [6.45, 7) is 2.22. The van der Waals surface area contributed by atoms with E-state index >= 15 is 0 Å². The summed E-state index contributed by atoms with van der Waals surface area (Å²) in [5, 5.41) is 12.4. The SMILES string of the molecule is Cc1c(O)cccc1C(=O)NCc1ccc(Br)s1. The summed E-state index contributed by atoms with van der Waals surface area (Å²) in [7, 11) is 0. The summed E-state index contributed by atoms with van der Waals surface area (Å²) in [5.41, 5.74) is 1.10. The van der Waals surface area contributed by atoms with Crippen LogP contribution in [0.1, 0.15) is 20.8 Å². The monoisotopic (exact) mass is 325 g/mol. The van der Waals surface area contributed by atoms with Gasteiger partial charge in [-0.05, 0) is 47.1 Å². The number of carbonyl (C=O) groups is 1. The molecule has 1 aromatic carbocycles. The van der Waals surface area contributed by atoms with Gasteiger partial charge in [0.15, 0.2) is 0 Å². The molecule has 0 atom stereocenters. The highest BCUT2D eigenvalue weighted by atomic mass is 79.9. The van der Waals surface area contributed by atoms with Crippen molar-refractivity contribution in [2.45, 2.75) is 13.5 Å². The molecular formula is C13H12BrNO2S. The maximum Gasteiger partial charge on any atom is 0.251 e. The highest BCUT2D eigenvalue weighted by molar-refractivity contribution is 9.11. The minimum absolute atomic E-state index is 0.140. The lowest BCUT2D eigenvalue weighted by Crippen LogP contribution is -2.23. The maximum absolute atomic E-state index is 12.0. The van der Waals surface area contributed by atoms with Gasteiger partial charge in [-0.2, -0.15) is 0 Å². The van der Waals surface area contributed by atoms with Gasteiger partial charge in [0.1, 0.15) is 5.75 Å². The van der Waals surface area contributed by atoms with Crippen molar-refractivity contribution in [3.8, 4) is 5.75 Å². The second kappa shape index (κ2) is 5.54. The number of phenolic OH excluding ortho intramolecular Hbond substituents is 1. The molecule has 0 saturated carbocycles. The summed E-state index contributed by atoms with van der Waals surface area (Å²) in [6, 6.07) is 8.85. The smallest absolute Gasteiger partial charge is 0.251 e. The second-order valence-electron chi connectivity index (χ2n) is 3.84. The fraction of sp³-hybridized carbons (Fsp3) is 0.154. The molecule has 94 valence electrons. The van der Waals surface area contributed by atoms with Gasteiger partial charge in [-0.15, -0.1) is 11.3 Å². The Hall–Kier alpha value is -1.33. The highest BCUT2D eigenvalue weighted by Gasteiger charge is 2.11.